The molecule has 6 heteroatoms. The molecule has 90 valence electrons. The molecule has 2 aromatic rings. The number of hydrogen-bond donors (Lipinski definition) is 2. The van der Waals surface area contributed by atoms with Crippen molar-refractivity contribution in [3.63, 3.8) is 0 Å². The maximum atomic E-state index is 9.31. The van der Waals surface area contributed by atoms with E-state index in [1.54, 1.807) is 19.3 Å². The first-order valence-electron chi connectivity index (χ1n) is 5.32. The van der Waals surface area contributed by atoms with Gasteiger partial charge in [-0.25, -0.2) is 0 Å². The van der Waals surface area contributed by atoms with E-state index in [0.29, 0.717) is 12.2 Å². The van der Waals surface area contributed by atoms with Gasteiger partial charge in [-0.1, -0.05) is 5.16 Å². The van der Waals surface area contributed by atoms with Gasteiger partial charge in [-0.2, -0.15) is 4.98 Å². The highest BCUT2D eigenvalue weighted by atomic mass is 16.5. The Hall–Kier alpha value is -1.79. The molecule has 0 saturated carbocycles. The van der Waals surface area contributed by atoms with Gasteiger partial charge in [-0.3, -0.25) is 4.98 Å². The van der Waals surface area contributed by atoms with Gasteiger partial charge >= 0.3 is 0 Å². The van der Waals surface area contributed by atoms with Crippen LogP contribution in [0.15, 0.2) is 29.0 Å². The summed E-state index contributed by atoms with van der Waals surface area (Å²) < 4.78 is 5.00. The number of hydrogen-bond acceptors (Lipinski definition) is 6. The van der Waals surface area contributed by atoms with Crippen molar-refractivity contribution < 1.29 is 9.63 Å². The molecule has 2 heterocycles. The summed E-state index contributed by atoms with van der Waals surface area (Å²) >= 11 is 0. The normalized spacial score (nSPS) is 14.5. The standard InChI is InChI=1S/C11H14N4O2/c1-7(16)10(12)11-14-9(15-17-11)6-8-2-4-13-5-3-8/h2-5,7,10,16H,6,12H2,1H3/t7-,10+/m1/s1. The fourth-order valence-corrected chi connectivity index (χ4v) is 1.36. The van der Waals surface area contributed by atoms with Gasteiger partial charge in [0.2, 0.25) is 5.89 Å². The molecule has 0 radical (unpaired) electrons. The summed E-state index contributed by atoms with van der Waals surface area (Å²) in [6.07, 6.45) is 3.25. The average Bonchev–Trinajstić information content (AvgIpc) is 2.77. The van der Waals surface area contributed by atoms with E-state index in [4.69, 9.17) is 10.3 Å². The van der Waals surface area contributed by atoms with E-state index in [-0.39, 0.29) is 5.89 Å². The third kappa shape index (κ3) is 2.86. The lowest BCUT2D eigenvalue weighted by Crippen LogP contribution is -2.23. The fraction of sp³-hybridized carbons (Fsp3) is 0.364. The van der Waals surface area contributed by atoms with Crippen molar-refractivity contribution >= 4 is 0 Å². The van der Waals surface area contributed by atoms with Gasteiger partial charge in [0.25, 0.3) is 0 Å². The molecule has 0 saturated heterocycles. The first-order chi connectivity index (χ1) is 8.16. The minimum absolute atomic E-state index is 0.254. The molecule has 0 fully saturated rings. The molecular formula is C11H14N4O2. The van der Waals surface area contributed by atoms with E-state index in [1.165, 1.54) is 0 Å². The molecule has 2 atom stereocenters. The lowest BCUT2D eigenvalue weighted by atomic mass is 10.2. The van der Waals surface area contributed by atoms with Crippen LogP contribution in [0.1, 0.15) is 30.2 Å². The van der Waals surface area contributed by atoms with Crippen molar-refractivity contribution in [3.05, 3.63) is 41.8 Å². The van der Waals surface area contributed by atoms with Crippen LogP contribution in [-0.4, -0.2) is 26.3 Å². The maximum Gasteiger partial charge on any atom is 0.246 e. The summed E-state index contributed by atoms with van der Waals surface area (Å²) in [7, 11) is 0. The number of aliphatic hydroxyl groups excluding tert-OH is 1. The molecule has 0 aromatic carbocycles. The zero-order chi connectivity index (χ0) is 12.3. The van der Waals surface area contributed by atoms with E-state index in [2.05, 4.69) is 15.1 Å². The second-order valence-corrected chi connectivity index (χ2v) is 3.85. The van der Waals surface area contributed by atoms with Crippen molar-refractivity contribution in [2.75, 3.05) is 0 Å². The third-order valence-corrected chi connectivity index (χ3v) is 2.40. The Morgan fingerprint density at radius 1 is 1.41 bits per heavy atom. The Kier molecular flexibility index (Phi) is 3.46. The predicted molar refractivity (Wildman–Crippen MR) is 60.0 cm³/mol. The molecule has 0 aliphatic carbocycles. The molecule has 0 aliphatic heterocycles. The molecule has 0 bridgehead atoms. The van der Waals surface area contributed by atoms with E-state index >= 15 is 0 Å². The van der Waals surface area contributed by atoms with E-state index in [9.17, 15) is 5.11 Å². The van der Waals surface area contributed by atoms with Gasteiger partial charge in [-0.05, 0) is 24.6 Å². The van der Waals surface area contributed by atoms with Crippen LogP contribution in [0.2, 0.25) is 0 Å². The quantitative estimate of drug-likeness (QED) is 0.796. The van der Waals surface area contributed by atoms with Crippen LogP contribution < -0.4 is 5.73 Å². The summed E-state index contributed by atoms with van der Waals surface area (Å²) in [4.78, 5) is 8.07. The van der Waals surface area contributed by atoms with Gasteiger partial charge in [-0.15, -0.1) is 0 Å². The summed E-state index contributed by atoms with van der Waals surface area (Å²) in [5, 5.41) is 13.1. The van der Waals surface area contributed by atoms with Crippen molar-refractivity contribution in [2.45, 2.75) is 25.5 Å². The smallest absolute Gasteiger partial charge is 0.246 e. The number of rotatable bonds is 4. The average molecular weight is 234 g/mol. The molecule has 2 aromatic heterocycles. The zero-order valence-electron chi connectivity index (χ0n) is 9.45. The largest absolute Gasteiger partial charge is 0.391 e. The Morgan fingerprint density at radius 3 is 2.76 bits per heavy atom. The molecule has 0 unspecified atom stereocenters. The highest BCUT2D eigenvalue weighted by Gasteiger charge is 2.19. The second kappa shape index (κ2) is 5.03. The first kappa shape index (κ1) is 11.7. The molecule has 2 rings (SSSR count). The van der Waals surface area contributed by atoms with Gasteiger partial charge in [0, 0.05) is 18.8 Å². The van der Waals surface area contributed by atoms with Crippen LogP contribution in [0, 0.1) is 0 Å². The minimum Gasteiger partial charge on any atom is -0.391 e. The molecule has 0 spiro atoms. The highest BCUT2D eigenvalue weighted by Crippen LogP contribution is 2.13. The lowest BCUT2D eigenvalue weighted by Gasteiger charge is -2.08. The van der Waals surface area contributed by atoms with E-state index in [1.807, 2.05) is 12.1 Å². The van der Waals surface area contributed by atoms with Crippen molar-refractivity contribution in [1.82, 2.24) is 15.1 Å². The van der Waals surface area contributed by atoms with Gasteiger partial charge in [0.1, 0.15) is 6.04 Å². The summed E-state index contributed by atoms with van der Waals surface area (Å²) in [5.41, 5.74) is 6.73. The lowest BCUT2D eigenvalue weighted by molar-refractivity contribution is 0.146. The maximum absolute atomic E-state index is 9.31. The van der Waals surface area contributed by atoms with Crippen LogP contribution in [0.25, 0.3) is 0 Å². The number of nitrogens with two attached hydrogens (primary N) is 1. The molecule has 17 heavy (non-hydrogen) atoms. The van der Waals surface area contributed by atoms with Crippen LogP contribution in [0.4, 0.5) is 0 Å². The van der Waals surface area contributed by atoms with E-state index < -0.39 is 12.1 Å². The SMILES string of the molecule is C[C@@H](O)[C@H](N)c1nc(Cc2ccncc2)no1. The Bertz CT molecular complexity index is 469. The van der Waals surface area contributed by atoms with E-state index in [0.717, 1.165) is 5.56 Å². The second-order valence-electron chi connectivity index (χ2n) is 3.85. The number of aliphatic hydroxyl groups is 1. The minimum atomic E-state index is -0.718. The number of pyridine rings is 1. The Balaban J connectivity index is 2.09. The monoisotopic (exact) mass is 234 g/mol. The fourth-order valence-electron chi connectivity index (χ4n) is 1.36. The summed E-state index contributed by atoms with van der Waals surface area (Å²) in [5.74, 6) is 0.798. The predicted octanol–water partition coefficient (Wildman–Crippen LogP) is 0.436. The molecular weight excluding hydrogens is 220 g/mol. The highest BCUT2D eigenvalue weighted by molar-refractivity contribution is 5.14. The van der Waals surface area contributed by atoms with Crippen molar-refractivity contribution in [3.8, 4) is 0 Å². The van der Waals surface area contributed by atoms with Crippen LogP contribution in [0.5, 0.6) is 0 Å². The van der Waals surface area contributed by atoms with Gasteiger partial charge in [0.05, 0.1) is 6.10 Å². The van der Waals surface area contributed by atoms with Gasteiger partial charge < -0.3 is 15.4 Å². The number of nitrogens with zero attached hydrogens (tertiary/aromatic N) is 3. The third-order valence-electron chi connectivity index (χ3n) is 2.40. The van der Waals surface area contributed by atoms with Crippen molar-refractivity contribution in [1.29, 1.82) is 0 Å². The Labute approximate surface area is 98.5 Å². The molecule has 6 nitrogen and oxygen atoms in total. The molecule has 0 aliphatic rings. The first-order valence-corrected chi connectivity index (χ1v) is 5.32. The Morgan fingerprint density at radius 2 is 2.12 bits per heavy atom. The van der Waals surface area contributed by atoms with Crippen molar-refractivity contribution in [2.24, 2.45) is 5.73 Å². The number of aromatic nitrogens is 3. The van der Waals surface area contributed by atoms with Gasteiger partial charge in [0.15, 0.2) is 5.82 Å². The molecule has 0 amide bonds. The topological polar surface area (TPSA) is 98.1 Å². The molecule has 3 N–H and O–H groups in total. The van der Waals surface area contributed by atoms with Crippen LogP contribution in [0.3, 0.4) is 0 Å². The summed E-state index contributed by atoms with van der Waals surface area (Å²) in [6, 6.07) is 3.11. The summed E-state index contributed by atoms with van der Waals surface area (Å²) in [6.45, 7) is 1.58. The zero-order valence-corrected chi connectivity index (χ0v) is 9.45. The van der Waals surface area contributed by atoms with Crippen LogP contribution in [-0.2, 0) is 6.42 Å². The van der Waals surface area contributed by atoms with Crippen LogP contribution >= 0.6 is 0 Å².